The smallest absolute Gasteiger partial charge is 0.234 e. The van der Waals surface area contributed by atoms with Crippen molar-refractivity contribution >= 4 is 46.6 Å². The summed E-state index contributed by atoms with van der Waals surface area (Å²) in [6, 6.07) is 12.9. The van der Waals surface area contributed by atoms with Crippen molar-refractivity contribution in [2.24, 2.45) is 0 Å². The molecule has 0 spiro atoms. The SMILES string of the molecule is Cc1ccc(-n2cnnc2SCC(=O)Nc2cc(Cl)cc(Cl)c2)cc1. The van der Waals surface area contributed by atoms with Gasteiger partial charge < -0.3 is 5.32 Å². The molecule has 0 radical (unpaired) electrons. The maximum absolute atomic E-state index is 12.1. The van der Waals surface area contributed by atoms with E-state index < -0.39 is 0 Å². The predicted octanol–water partition coefficient (Wildman–Crippen LogP) is 4.61. The molecular weight excluding hydrogens is 379 g/mol. The van der Waals surface area contributed by atoms with Gasteiger partial charge in [-0.3, -0.25) is 9.36 Å². The zero-order valence-corrected chi connectivity index (χ0v) is 15.6. The van der Waals surface area contributed by atoms with E-state index in [0.717, 1.165) is 5.69 Å². The van der Waals surface area contributed by atoms with Gasteiger partial charge in [0.2, 0.25) is 5.91 Å². The second-order valence-electron chi connectivity index (χ2n) is 5.31. The Morgan fingerprint density at radius 2 is 1.84 bits per heavy atom. The van der Waals surface area contributed by atoms with Crippen molar-refractivity contribution in [3.63, 3.8) is 0 Å². The average Bonchev–Trinajstić information content (AvgIpc) is 3.01. The van der Waals surface area contributed by atoms with Gasteiger partial charge in [-0.1, -0.05) is 52.7 Å². The Balaban J connectivity index is 1.65. The highest BCUT2D eigenvalue weighted by Crippen LogP contribution is 2.23. The Hall–Kier alpha value is -2.02. The summed E-state index contributed by atoms with van der Waals surface area (Å²) in [7, 11) is 0. The number of halogens is 2. The van der Waals surface area contributed by atoms with Crippen molar-refractivity contribution in [1.82, 2.24) is 14.8 Å². The van der Waals surface area contributed by atoms with E-state index in [-0.39, 0.29) is 11.7 Å². The topological polar surface area (TPSA) is 59.8 Å². The molecule has 0 fully saturated rings. The van der Waals surface area contributed by atoms with Crippen molar-refractivity contribution < 1.29 is 4.79 Å². The van der Waals surface area contributed by atoms with Gasteiger partial charge in [-0.2, -0.15) is 0 Å². The van der Waals surface area contributed by atoms with Crippen molar-refractivity contribution in [2.45, 2.75) is 12.1 Å². The van der Waals surface area contributed by atoms with E-state index in [1.807, 2.05) is 35.8 Å². The van der Waals surface area contributed by atoms with Crippen molar-refractivity contribution in [3.05, 3.63) is 64.4 Å². The molecule has 0 aliphatic carbocycles. The normalized spacial score (nSPS) is 10.7. The summed E-state index contributed by atoms with van der Waals surface area (Å²) in [5, 5.41) is 12.4. The molecule has 0 bridgehead atoms. The van der Waals surface area contributed by atoms with Gasteiger partial charge in [-0.05, 0) is 37.3 Å². The number of amides is 1. The van der Waals surface area contributed by atoms with Crippen LogP contribution in [0.2, 0.25) is 10.0 Å². The molecule has 5 nitrogen and oxygen atoms in total. The first-order chi connectivity index (χ1) is 12.0. The Bertz CT molecular complexity index is 876. The van der Waals surface area contributed by atoms with Crippen LogP contribution in [0.3, 0.4) is 0 Å². The number of aromatic nitrogens is 3. The van der Waals surface area contributed by atoms with Crippen LogP contribution in [-0.4, -0.2) is 26.4 Å². The van der Waals surface area contributed by atoms with E-state index in [4.69, 9.17) is 23.2 Å². The molecule has 3 rings (SSSR count). The Morgan fingerprint density at radius 3 is 2.52 bits per heavy atom. The molecule has 0 aliphatic rings. The van der Waals surface area contributed by atoms with Crippen molar-refractivity contribution in [3.8, 4) is 5.69 Å². The Kier molecular flexibility index (Phi) is 5.63. The van der Waals surface area contributed by atoms with Crippen LogP contribution in [0, 0.1) is 6.92 Å². The van der Waals surface area contributed by atoms with Gasteiger partial charge in [0, 0.05) is 21.4 Å². The summed E-state index contributed by atoms with van der Waals surface area (Å²) in [6.07, 6.45) is 1.63. The summed E-state index contributed by atoms with van der Waals surface area (Å²) in [6.45, 7) is 2.03. The minimum absolute atomic E-state index is 0.179. The lowest BCUT2D eigenvalue weighted by atomic mass is 10.2. The second-order valence-corrected chi connectivity index (χ2v) is 7.13. The molecule has 1 heterocycles. The number of anilines is 1. The summed E-state index contributed by atoms with van der Waals surface area (Å²) in [5.74, 6) is 0.0103. The molecule has 128 valence electrons. The third kappa shape index (κ3) is 4.75. The average molecular weight is 393 g/mol. The van der Waals surface area contributed by atoms with Crippen LogP contribution < -0.4 is 5.32 Å². The first-order valence-electron chi connectivity index (χ1n) is 7.37. The van der Waals surface area contributed by atoms with E-state index in [1.54, 1.807) is 24.5 Å². The van der Waals surface area contributed by atoms with Crippen LogP contribution in [0.4, 0.5) is 5.69 Å². The number of carbonyl (C=O) groups is 1. The maximum Gasteiger partial charge on any atom is 0.234 e. The summed E-state index contributed by atoms with van der Waals surface area (Å²) >= 11 is 13.2. The lowest BCUT2D eigenvalue weighted by Crippen LogP contribution is -2.14. The molecule has 0 saturated heterocycles. The number of hydrogen-bond acceptors (Lipinski definition) is 4. The predicted molar refractivity (Wildman–Crippen MR) is 102 cm³/mol. The lowest BCUT2D eigenvalue weighted by Gasteiger charge is -2.08. The largest absolute Gasteiger partial charge is 0.325 e. The number of carbonyl (C=O) groups excluding carboxylic acids is 1. The minimum atomic E-state index is -0.179. The molecule has 3 aromatic rings. The second kappa shape index (κ2) is 7.91. The molecule has 0 atom stereocenters. The van der Waals surface area contributed by atoms with Crippen molar-refractivity contribution in [2.75, 3.05) is 11.1 Å². The van der Waals surface area contributed by atoms with Gasteiger partial charge in [0.1, 0.15) is 6.33 Å². The van der Waals surface area contributed by atoms with Crippen LogP contribution in [0.5, 0.6) is 0 Å². The molecule has 0 unspecified atom stereocenters. The Labute approximate surface area is 159 Å². The fraction of sp³-hybridized carbons (Fsp3) is 0.118. The number of rotatable bonds is 5. The van der Waals surface area contributed by atoms with E-state index in [2.05, 4.69) is 15.5 Å². The van der Waals surface area contributed by atoms with Gasteiger partial charge >= 0.3 is 0 Å². The number of thioether (sulfide) groups is 1. The number of aryl methyl sites for hydroxylation is 1. The summed E-state index contributed by atoms with van der Waals surface area (Å²) in [5.41, 5.74) is 2.67. The zero-order chi connectivity index (χ0) is 17.8. The summed E-state index contributed by atoms with van der Waals surface area (Å²) < 4.78 is 1.84. The van der Waals surface area contributed by atoms with E-state index in [1.165, 1.54) is 17.3 Å². The third-order valence-corrected chi connectivity index (χ3v) is 4.69. The number of nitrogens with one attached hydrogen (secondary N) is 1. The first-order valence-corrected chi connectivity index (χ1v) is 9.11. The molecule has 1 aromatic heterocycles. The summed E-state index contributed by atoms with van der Waals surface area (Å²) in [4.78, 5) is 12.1. The molecule has 0 saturated carbocycles. The molecule has 1 N–H and O–H groups in total. The number of benzene rings is 2. The molecule has 25 heavy (non-hydrogen) atoms. The molecule has 8 heteroatoms. The molecule has 1 amide bonds. The fourth-order valence-corrected chi connectivity index (χ4v) is 3.41. The van der Waals surface area contributed by atoms with Crippen LogP contribution in [0.15, 0.2) is 53.9 Å². The third-order valence-electron chi connectivity index (χ3n) is 3.31. The first kappa shape index (κ1) is 17.8. The highest BCUT2D eigenvalue weighted by atomic mass is 35.5. The van der Waals surface area contributed by atoms with E-state index in [9.17, 15) is 4.79 Å². The molecular formula is C17H14Cl2N4OS. The molecule has 0 aliphatic heterocycles. The van der Waals surface area contributed by atoms with Crippen LogP contribution in [0.25, 0.3) is 5.69 Å². The maximum atomic E-state index is 12.1. The Morgan fingerprint density at radius 1 is 1.16 bits per heavy atom. The highest BCUT2D eigenvalue weighted by molar-refractivity contribution is 7.99. The standard InChI is InChI=1S/C17H14Cl2N4OS/c1-11-2-4-15(5-3-11)23-10-20-22-17(23)25-9-16(24)21-14-7-12(18)6-13(19)8-14/h2-8,10H,9H2,1H3,(H,21,24). The number of hydrogen-bond donors (Lipinski definition) is 1. The number of nitrogens with zero attached hydrogens (tertiary/aromatic N) is 3. The van der Waals surface area contributed by atoms with Gasteiger partial charge in [0.15, 0.2) is 5.16 Å². The fourth-order valence-electron chi connectivity index (χ4n) is 2.16. The minimum Gasteiger partial charge on any atom is -0.325 e. The van der Waals surface area contributed by atoms with Crippen molar-refractivity contribution in [1.29, 1.82) is 0 Å². The van der Waals surface area contributed by atoms with Crippen LogP contribution in [0.1, 0.15) is 5.56 Å². The van der Waals surface area contributed by atoms with Gasteiger partial charge in [-0.25, -0.2) is 0 Å². The zero-order valence-electron chi connectivity index (χ0n) is 13.2. The van der Waals surface area contributed by atoms with Crippen LogP contribution >= 0.6 is 35.0 Å². The lowest BCUT2D eigenvalue weighted by molar-refractivity contribution is -0.113. The highest BCUT2D eigenvalue weighted by Gasteiger charge is 2.11. The van der Waals surface area contributed by atoms with E-state index in [0.29, 0.717) is 20.9 Å². The van der Waals surface area contributed by atoms with Gasteiger partial charge in [0.25, 0.3) is 0 Å². The van der Waals surface area contributed by atoms with Crippen LogP contribution in [-0.2, 0) is 4.79 Å². The van der Waals surface area contributed by atoms with Gasteiger partial charge in [-0.15, -0.1) is 10.2 Å². The van der Waals surface area contributed by atoms with Gasteiger partial charge in [0.05, 0.1) is 5.75 Å². The molecule has 2 aromatic carbocycles. The van der Waals surface area contributed by atoms with E-state index >= 15 is 0 Å². The monoisotopic (exact) mass is 392 g/mol. The quantitative estimate of drug-likeness (QED) is 0.643.